The number of hydrogen-bond acceptors (Lipinski definition) is 2. The Morgan fingerprint density at radius 3 is 1.23 bits per heavy atom. The van der Waals surface area contributed by atoms with Crippen LogP contribution < -0.4 is 10.6 Å². The molecule has 48 heavy (non-hydrogen) atoms. The Balaban J connectivity index is 1.82. The fourth-order valence-corrected chi connectivity index (χ4v) is 7.55. The van der Waals surface area contributed by atoms with Crippen LogP contribution >= 0.6 is 0 Å². The summed E-state index contributed by atoms with van der Waals surface area (Å²) in [7, 11) is 0. The lowest BCUT2D eigenvalue weighted by atomic mass is 10.0. The molecule has 0 saturated carbocycles. The molecule has 0 aromatic carbocycles. The molecule has 1 unspecified atom stereocenters. The van der Waals surface area contributed by atoms with Crippen LogP contribution in [-0.4, -0.2) is 42.5 Å². The largest absolute Gasteiger partial charge is 0.350 e. The van der Waals surface area contributed by atoms with Gasteiger partial charge in [-0.15, -0.1) is 0 Å². The van der Waals surface area contributed by atoms with Gasteiger partial charge in [-0.2, -0.15) is 0 Å². The Morgan fingerprint density at radius 1 is 0.521 bits per heavy atom. The number of hydrogen-bond donors (Lipinski definition) is 2. The number of nitrogens with zero attached hydrogens (tertiary/aromatic N) is 1. The summed E-state index contributed by atoms with van der Waals surface area (Å²) in [4.78, 5) is 12.3. The SMILES string of the molecule is CCCCCCCCCCCCCCCCCCCCC1NCC=[N+]1CCNC(=O)CCCCCCCCCCCCCCCCCC. The molecule has 0 radical (unpaired) electrons. The molecule has 0 saturated heterocycles. The quantitative estimate of drug-likeness (QED) is 0.0503. The predicted molar refractivity (Wildman–Crippen MR) is 214 cm³/mol. The van der Waals surface area contributed by atoms with Gasteiger partial charge in [-0.05, 0) is 12.8 Å². The molecule has 1 aliphatic rings. The molecule has 284 valence electrons. The molecule has 0 bridgehead atoms. The van der Waals surface area contributed by atoms with Crippen LogP contribution in [0.1, 0.15) is 245 Å². The highest BCUT2D eigenvalue weighted by atomic mass is 16.1. The van der Waals surface area contributed by atoms with Crippen molar-refractivity contribution in [3.63, 3.8) is 0 Å². The van der Waals surface area contributed by atoms with Crippen molar-refractivity contribution >= 4 is 12.1 Å². The minimum atomic E-state index is 0.243. The van der Waals surface area contributed by atoms with Gasteiger partial charge in [0.1, 0.15) is 0 Å². The summed E-state index contributed by atoms with van der Waals surface area (Å²) in [6.45, 7) is 7.27. The summed E-state index contributed by atoms with van der Waals surface area (Å²) < 4.78 is 2.43. The number of nitrogens with one attached hydrogen (secondary N) is 2. The van der Waals surface area contributed by atoms with Gasteiger partial charge in [0, 0.05) is 12.8 Å². The van der Waals surface area contributed by atoms with E-state index in [-0.39, 0.29) is 5.91 Å². The van der Waals surface area contributed by atoms with E-state index in [1.165, 1.54) is 218 Å². The molecular weight excluding hydrogens is 587 g/mol. The lowest BCUT2D eigenvalue weighted by molar-refractivity contribution is -0.558. The van der Waals surface area contributed by atoms with Gasteiger partial charge in [-0.1, -0.05) is 219 Å². The maximum absolute atomic E-state index is 12.3. The lowest BCUT2D eigenvalue weighted by Crippen LogP contribution is -2.37. The first-order valence-electron chi connectivity index (χ1n) is 22.4. The normalized spacial score (nSPS) is 14.5. The van der Waals surface area contributed by atoms with Gasteiger partial charge >= 0.3 is 0 Å². The number of amides is 1. The highest BCUT2D eigenvalue weighted by molar-refractivity contribution is 5.75. The van der Waals surface area contributed by atoms with Gasteiger partial charge in [0.25, 0.3) is 0 Å². The zero-order valence-corrected chi connectivity index (χ0v) is 33.1. The van der Waals surface area contributed by atoms with E-state index in [1.807, 2.05) is 0 Å². The minimum absolute atomic E-state index is 0.243. The molecule has 0 fully saturated rings. The third kappa shape index (κ3) is 31.1. The second-order valence-corrected chi connectivity index (χ2v) is 15.5. The van der Waals surface area contributed by atoms with Crippen LogP contribution in [0, 0.1) is 0 Å². The summed E-state index contributed by atoms with van der Waals surface area (Å²) in [5.74, 6) is 0.243. The van der Waals surface area contributed by atoms with Crippen molar-refractivity contribution in [1.29, 1.82) is 0 Å². The number of rotatable bonds is 39. The van der Waals surface area contributed by atoms with Crippen LogP contribution in [0.5, 0.6) is 0 Å². The van der Waals surface area contributed by atoms with Gasteiger partial charge < -0.3 is 5.32 Å². The molecule has 0 aliphatic carbocycles. The van der Waals surface area contributed by atoms with E-state index < -0.39 is 0 Å². The van der Waals surface area contributed by atoms with E-state index in [1.54, 1.807) is 0 Å². The molecule has 1 aliphatic heterocycles. The first-order valence-corrected chi connectivity index (χ1v) is 22.4. The maximum atomic E-state index is 12.3. The summed E-state index contributed by atoms with van der Waals surface area (Å²) in [5.41, 5.74) is 0. The summed E-state index contributed by atoms with van der Waals surface area (Å²) >= 11 is 0. The number of carbonyl (C=O) groups excluding carboxylic acids is 1. The molecule has 1 atom stereocenters. The minimum Gasteiger partial charge on any atom is -0.350 e. The van der Waals surface area contributed by atoms with Gasteiger partial charge in [0.05, 0.1) is 13.1 Å². The predicted octanol–water partition coefficient (Wildman–Crippen LogP) is 13.2. The van der Waals surface area contributed by atoms with Crippen molar-refractivity contribution in [3.8, 4) is 0 Å². The molecule has 0 spiro atoms. The second kappa shape index (κ2) is 37.4. The molecule has 0 aromatic rings. The number of unbranched alkanes of at least 4 members (excludes halogenated alkanes) is 32. The zero-order chi connectivity index (χ0) is 34.4. The Hall–Kier alpha value is -0.900. The van der Waals surface area contributed by atoms with Crippen LogP contribution in [0.15, 0.2) is 0 Å². The molecule has 1 rings (SSSR count). The Morgan fingerprint density at radius 2 is 0.854 bits per heavy atom. The van der Waals surface area contributed by atoms with Gasteiger partial charge in [-0.3, -0.25) is 4.79 Å². The number of carbonyl (C=O) groups is 1. The Labute approximate surface area is 302 Å². The first kappa shape index (κ1) is 45.1. The van der Waals surface area contributed by atoms with Gasteiger partial charge in [0.15, 0.2) is 12.8 Å². The van der Waals surface area contributed by atoms with Crippen LogP contribution in [-0.2, 0) is 4.79 Å². The van der Waals surface area contributed by atoms with Crippen molar-refractivity contribution in [2.24, 2.45) is 0 Å². The highest BCUT2D eigenvalue weighted by Crippen LogP contribution is 2.16. The third-order valence-electron chi connectivity index (χ3n) is 10.9. The van der Waals surface area contributed by atoms with Crippen molar-refractivity contribution in [2.45, 2.75) is 251 Å². The lowest BCUT2D eigenvalue weighted by Gasteiger charge is -2.12. The van der Waals surface area contributed by atoms with Crippen LogP contribution in [0.3, 0.4) is 0 Å². The topological polar surface area (TPSA) is 44.1 Å². The van der Waals surface area contributed by atoms with E-state index in [4.69, 9.17) is 0 Å². The average molecular weight is 675 g/mol. The van der Waals surface area contributed by atoms with E-state index >= 15 is 0 Å². The summed E-state index contributed by atoms with van der Waals surface area (Å²) in [6.07, 6.45) is 52.4. The van der Waals surface area contributed by atoms with Crippen molar-refractivity contribution in [1.82, 2.24) is 10.6 Å². The van der Waals surface area contributed by atoms with Crippen LogP contribution in [0.4, 0.5) is 0 Å². The highest BCUT2D eigenvalue weighted by Gasteiger charge is 2.24. The smallest absolute Gasteiger partial charge is 0.220 e. The molecular formula is C44H88N3O+. The second-order valence-electron chi connectivity index (χ2n) is 15.5. The van der Waals surface area contributed by atoms with Crippen molar-refractivity contribution in [3.05, 3.63) is 0 Å². The maximum Gasteiger partial charge on any atom is 0.220 e. The van der Waals surface area contributed by atoms with Gasteiger partial charge in [0.2, 0.25) is 12.1 Å². The summed E-state index contributed by atoms with van der Waals surface area (Å²) in [6, 6.07) is 0. The van der Waals surface area contributed by atoms with Crippen LogP contribution in [0.2, 0.25) is 0 Å². The van der Waals surface area contributed by atoms with E-state index in [0.29, 0.717) is 12.6 Å². The molecule has 1 amide bonds. The van der Waals surface area contributed by atoms with Gasteiger partial charge in [-0.25, -0.2) is 9.89 Å². The van der Waals surface area contributed by atoms with Crippen molar-refractivity contribution < 1.29 is 9.37 Å². The third-order valence-corrected chi connectivity index (χ3v) is 10.9. The fourth-order valence-electron chi connectivity index (χ4n) is 7.55. The first-order chi connectivity index (χ1) is 23.8. The molecule has 4 heteroatoms. The molecule has 4 nitrogen and oxygen atoms in total. The standard InChI is InChI=1S/C44H87N3O/c1-3-5-7-9-11-13-15-17-19-21-22-23-25-27-29-31-33-35-37-43-45-39-41-47(43)42-40-46-44(48)38-36-34-32-30-28-26-24-20-18-16-14-12-10-8-6-4-2/h41,43,45H,3-40,42H2,1-2H3/p+1. The average Bonchev–Trinajstić information content (AvgIpc) is 3.54. The van der Waals surface area contributed by atoms with E-state index in [2.05, 4.69) is 35.3 Å². The van der Waals surface area contributed by atoms with E-state index in [0.717, 1.165) is 26.1 Å². The molecule has 0 aromatic heterocycles. The Bertz CT molecular complexity index is 693. The fraction of sp³-hybridized carbons (Fsp3) is 0.955. The molecule has 1 heterocycles. The van der Waals surface area contributed by atoms with Crippen molar-refractivity contribution in [2.75, 3.05) is 19.6 Å². The molecule has 2 N–H and O–H groups in total. The summed E-state index contributed by atoms with van der Waals surface area (Å²) in [5, 5.41) is 6.83. The monoisotopic (exact) mass is 675 g/mol. The Kier molecular flexibility index (Phi) is 35.1. The van der Waals surface area contributed by atoms with E-state index in [9.17, 15) is 4.79 Å². The zero-order valence-electron chi connectivity index (χ0n) is 33.1. The van der Waals surface area contributed by atoms with Crippen LogP contribution in [0.25, 0.3) is 0 Å².